The summed E-state index contributed by atoms with van der Waals surface area (Å²) in [7, 11) is 0. The number of carboxylic acid groups (broad SMARTS) is 1. The molecule has 3 fully saturated rings. The lowest BCUT2D eigenvalue weighted by molar-refractivity contribution is -0.141. The van der Waals surface area contributed by atoms with Crippen LogP contribution in [0.25, 0.3) is 11.1 Å². The molecule has 7 nitrogen and oxygen atoms in total. The van der Waals surface area contributed by atoms with Gasteiger partial charge in [-0.1, -0.05) is 55.0 Å². The highest BCUT2D eigenvalue weighted by Gasteiger charge is 2.60. The van der Waals surface area contributed by atoms with Gasteiger partial charge in [0.15, 0.2) is 0 Å². The largest absolute Gasteiger partial charge is 0.481 e. The Kier molecular flexibility index (Phi) is 5.50. The van der Waals surface area contributed by atoms with Crippen LogP contribution in [-0.2, 0) is 14.3 Å². The highest BCUT2D eigenvalue weighted by Crippen LogP contribution is 2.52. The third-order valence-electron chi connectivity index (χ3n) is 8.59. The van der Waals surface area contributed by atoms with Crippen molar-refractivity contribution in [3.05, 3.63) is 59.7 Å². The molecular formula is C28H30N2O5. The molecule has 3 atom stereocenters. The zero-order chi connectivity index (χ0) is 24.1. The Morgan fingerprint density at radius 3 is 2.11 bits per heavy atom. The van der Waals surface area contributed by atoms with Crippen LogP contribution in [0, 0.1) is 23.7 Å². The normalized spacial score (nSPS) is 25.1. The van der Waals surface area contributed by atoms with Crippen LogP contribution in [0.1, 0.15) is 42.7 Å². The molecule has 2 saturated carbocycles. The highest BCUT2D eigenvalue weighted by molar-refractivity contribution is 5.81. The van der Waals surface area contributed by atoms with Gasteiger partial charge in [0.2, 0.25) is 5.91 Å². The molecule has 0 aromatic heterocycles. The number of nitrogens with zero attached hydrogens (tertiary/aromatic N) is 1. The number of amides is 2. The maximum absolute atomic E-state index is 13.0. The van der Waals surface area contributed by atoms with Gasteiger partial charge in [-0.25, -0.2) is 4.79 Å². The number of likely N-dealkylation sites (tertiary alicyclic amines) is 1. The van der Waals surface area contributed by atoms with Gasteiger partial charge in [0.25, 0.3) is 0 Å². The Morgan fingerprint density at radius 2 is 1.57 bits per heavy atom. The molecular weight excluding hydrogens is 444 g/mol. The van der Waals surface area contributed by atoms with E-state index in [0.29, 0.717) is 13.1 Å². The molecule has 0 radical (unpaired) electrons. The van der Waals surface area contributed by atoms with Crippen molar-refractivity contribution in [2.24, 2.45) is 23.7 Å². The second-order valence-electron chi connectivity index (χ2n) is 10.5. The number of aliphatic carboxylic acids is 1. The zero-order valence-electron chi connectivity index (χ0n) is 19.6. The van der Waals surface area contributed by atoms with E-state index in [1.165, 1.54) is 22.3 Å². The number of benzene rings is 2. The lowest BCUT2D eigenvalue weighted by atomic mass is 9.78. The summed E-state index contributed by atoms with van der Waals surface area (Å²) in [4.78, 5) is 38.8. The summed E-state index contributed by atoms with van der Waals surface area (Å²) in [6.45, 7) is 1.28. The molecule has 1 heterocycles. The molecule has 35 heavy (non-hydrogen) atoms. The van der Waals surface area contributed by atoms with Crippen molar-refractivity contribution in [1.82, 2.24) is 10.2 Å². The molecule has 1 aliphatic heterocycles. The molecule has 4 aliphatic rings. The van der Waals surface area contributed by atoms with Gasteiger partial charge in [0, 0.05) is 31.5 Å². The summed E-state index contributed by atoms with van der Waals surface area (Å²) in [6.07, 6.45) is 2.86. The van der Waals surface area contributed by atoms with E-state index in [0.717, 1.165) is 19.3 Å². The Labute approximate surface area is 204 Å². The fraction of sp³-hybridized carbons (Fsp3) is 0.464. The van der Waals surface area contributed by atoms with Gasteiger partial charge < -0.3 is 20.1 Å². The lowest BCUT2D eigenvalue weighted by Gasteiger charge is -2.34. The van der Waals surface area contributed by atoms with Crippen molar-refractivity contribution in [2.75, 3.05) is 19.7 Å². The minimum atomic E-state index is -0.753. The van der Waals surface area contributed by atoms with Crippen LogP contribution < -0.4 is 5.32 Å². The van der Waals surface area contributed by atoms with Crippen molar-refractivity contribution in [2.45, 2.75) is 37.6 Å². The molecule has 3 unspecified atom stereocenters. The minimum absolute atomic E-state index is 0.00261. The molecule has 2 aromatic carbocycles. The van der Waals surface area contributed by atoms with E-state index in [1.807, 2.05) is 24.3 Å². The second kappa shape index (κ2) is 8.70. The number of carbonyl (C=O) groups is 3. The molecule has 2 aromatic rings. The van der Waals surface area contributed by atoms with E-state index in [2.05, 4.69) is 29.6 Å². The van der Waals surface area contributed by atoms with Gasteiger partial charge in [0.1, 0.15) is 6.61 Å². The van der Waals surface area contributed by atoms with Gasteiger partial charge in [0.05, 0.1) is 5.92 Å². The molecule has 0 spiro atoms. The number of hydrogen-bond acceptors (Lipinski definition) is 4. The zero-order valence-corrected chi connectivity index (χ0v) is 19.6. The van der Waals surface area contributed by atoms with Crippen molar-refractivity contribution in [3.63, 3.8) is 0 Å². The Morgan fingerprint density at radius 1 is 0.971 bits per heavy atom. The number of rotatable bonds is 7. The maximum atomic E-state index is 13.0. The molecule has 1 saturated heterocycles. The van der Waals surface area contributed by atoms with E-state index < -0.39 is 12.1 Å². The van der Waals surface area contributed by atoms with E-state index in [1.54, 1.807) is 4.90 Å². The summed E-state index contributed by atoms with van der Waals surface area (Å²) in [6, 6.07) is 16.2. The molecule has 0 bridgehead atoms. The van der Waals surface area contributed by atoms with Gasteiger partial charge in [-0.3, -0.25) is 9.59 Å². The molecule has 182 valence electrons. The number of carbonyl (C=O) groups excluding carboxylic acids is 2. The first kappa shape index (κ1) is 22.1. The molecule has 2 N–H and O–H groups in total. The first-order valence-electron chi connectivity index (χ1n) is 12.6. The van der Waals surface area contributed by atoms with Gasteiger partial charge >= 0.3 is 12.1 Å². The third-order valence-corrected chi connectivity index (χ3v) is 8.59. The average molecular weight is 475 g/mol. The first-order chi connectivity index (χ1) is 17.0. The van der Waals surface area contributed by atoms with Crippen LogP contribution >= 0.6 is 0 Å². The summed E-state index contributed by atoms with van der Waals surface area (Å²) >= 11 is 0. The fourth-order valence-electron chi connectivity index (χ4n) is 6.38. The van der Waals surface area contributed by atoms with Crippen LogP contribution in [-0.4, -0.2) is 53.7 Å². The molecule has 3 aliphatic carbocycles. The SMILES string of the molecule is O=C(NC(CC(=O)N1CC2C(C1)C2C(=O)O)C1CCC1)OCC1c2ccccc2-c2ccccc21. The van der Waals surface area contributed by atoms with Crippen LogP contribution in [0.15, 0.2) is 48.5 Å². The number of hydrogen-bond donors (Lipinski definition) is 2. The number of nitrogens with one attached hydrogen (secondary N) is 1. The predicted octanol–water partition coefficient (Wildman–Crippen LogP) is 3.87. The number of ether oxygens (including phenoxy) is 1. The summed E-state index contributed by atoms with van der Waals surface area (Å²) in [5, 5.41) is 12.2. The second-order valence-corrected chi connectivity index (χ2v) is 10.5. The van der Waals surface area contributed by atoms with Crippen molar-refractivity contribution in [3.8, 4) is 11.1 Å². The van der Waals surface area contributed by atoms with E-state index in [-0.39, 0.29) is 54.6 Å². The quantitative estimate of drug-likeness (QED) is 0.635. The number of carboxylic acids is 1. The highest BCUT2D eigenvalue weighted by atomic mass is 16.5. The predicted molar refractivity (Wildman–Crippen MR) is 129 cm³/mol. The van der Waals surface area contributed by atoms with Crippen molar-refractivity contribution in [1.29, 1.82) is 0 Å². The Hall–Kier alpha value is -3.35. The van der Waals surface area contributed by atoms with E-state index in [4.69, 9.17) is 4.74 Å². The van der Waals surface area contributed by atoms with Crippen molar-refractivity contribution >= 4 is 18.0 Å². The molecule has 2 amide bonds. The van der Waals surface area contributed by atoms with Crippen molar-refractivity contribution < 1.29 is 24.2 Å². The van der Waals surface area contributed by atoms with Crippen LogP contribution in [0.4, 0.5) is 4.79 Å². The fourth-order valence-corrected chi connectivity index (χ4v) is 6.38. The average Bonchev–Trinajstić information content (AvgIpc) is 3.17. The van der Waals surface area contributed by atoms with Gasteiger partial charge in [-0.2, -0.15) is 0 Å². The Balaban J connectivity index is 1.07. The van der Waals surface area contributed by atoms with Crippen LogP contribution in [0.5, 0.6) is 0 Å². The molecule has 6 rings (SSSR count). The van der Waals surface area contributed by atoms with Crippen LogP contribution in [0.2, 0.25) is 0 Å². The maximum Gasteiger partial charge on any atom is 0.407 e. The van der Waals surface area contributed by atoms with E-state index in [9.17, 15) is 19.5 Å². The topological polar surface area (TPSA) is 95.9 Å². The standard InChI is InChI=1S/C28H30N2O5/c31-25(30-13-21-22(14-30)26(21)27(32)33)12-24(16-6-5-7-16)29-28(34)35-15-23-19-10-3-1-8-17(19)18-9-2-4-11-20(18)23/h1-4,8-11,16,21-24,26H,5-7,12-15H2,(H,29,34)(H,32,33). The smallest absolute Gasteiger partial charge is 0.407 e. The number of piperidine rings is 1. The Bertz CT molecular complexity index is 1120. The lowest BCUT2D eigenvalue weighted by Crippen LogP contribution is -2.47. The summed E-state index contributed by atoms with van der Waals surface area (Å²) in [5.41, 5.74) is 4.70. The first-order valence-corrected chi connectivity index (χ1v) is 12.6. The van der Waals surface area contributed by atoms with Gasteiger partial charge in [-0.05, 0) is 52.8 Å². The monoisotopic (exact) mass is 474 g/mol. The minimum Gasteiger partial charge on any atom is -0.481 e. The number of alkyl carbamates (subject to hydrolysis) is 1. The third kappa shape index (κ3) is 3.97. The van der Waals surface area contributed by atoms with Crippen LogP contribution in [0.3, 0.4) is 0 Å². The number of fused-ring (bicyclic) bond motifs is 4. The van der Waals surface area contributed by atoms with Gasteiger partial charge in [-0.15, -0.1) is 0 Å². The van der Waals surface area contributed by atoms with E-state index >= 15 is 0 Å². The molecule has 7 heteroatoms. The summed E-state index contributed by atoms with van der Waals surface area (Å²) < 4.78 is 5.72. The summed E-state index contributed by atoms with van der Waals surface area (Å²) in [5.74, 6) is -0.588.